The van der Waals surface area contributed by atoms with Crippen LogP contribution in [0.2, 0.25) is 0 Å². The molecule has 28 heavy (non-hydrogen) atoms. The molecule has 0 spiro atoms. The Labute approximate surface area is 158 Å². The zero-order valence-corrected chi connectivity index (χ0v) is 15.4. The first-order chi connectivity index (χ1) is 12.5. The number of hydrogen-bond donors (Lipinski definition) is 1. The molecule has 2 heterocycles. The largest absolute Gasteiger partial charge is 0.451 e. The Hall–Kier alpha value is -2.25. The van der Waals surface area contributed by atoms with Crippen molar-refractivity contribution in [3.63, 3.8) is 0 Å². The fourth-order valence-corrected chi connectivity index (χ4v) is 3.63. The first-order valence-electron chi connectivity index (χ1n) is 7.50. The van der Waals surface area contributed by atoms with Crippen LogP contribution < -0.4 is 10.6 Å². The van der Waals surface area contributed by atoms with E-state index in [1.165, 1.54) is 0 Å². The van der Waals surface area contributed by atoms with Crippen molar-refractivity contribution in [3.8, 4) is 0 Å². The van der Waals surface area contributed by atoms with Gasteiger partial charge < -0.3 is 10.5 Å². The Balaban J connectivity index is 2.64. The molecule has 2 atom stereocenters. The fraction of sp³-hybridized carbons (Fsp3) is 0.571. The Bertz CT molecular complexity index is 761. The van der Waals surface area contributed by atoms with E-state index in [1.807, 2.05) is 0 Å². The first kappa shape index (κ1) is 22.0. The number of carbonyl (C=O) groups excluding carboxylic acids is 2. The summed E-state index contributed by atoms with van der Waals surface area (Å²) in [5.74, 6) is -3.99. The average Bonchev–Trinajstić information content (AvgIpc) is 2.80. The number of thioether (sulfide) groups is 1. The Morgan fingerprint density at radius 3 is 2.14 bits per heavy atom. The summed E-state index contributed by atoms with van der Waals surface area (Å²) >= 11 is 0.714. The minimum Gasteiger partial charge on any atom is -0.415 e. The molecule has 2 rings (SSSR count). The van der Waals surface area contributed by atoms with E-state index in [2.05, 4.69) is 9.97 Å². The number of ether oxygens (including phenoxy) is 1. The van der Waals surface area contributed by atoms with Gasteiger partial charge in [-0.05, 0) is 5.41 Å². The van der Waals surface area contributed by atoms with Gasteiger partial charge in [-0.1, -0.05) is 32.5 Å². The molecule has 1 aromatic heterocycles. The maximum atomic E-state index is 13.0. The highest BCUT2D eigenvalue weighted by atomic mass is 32.2. The molecule has 1 aliphatic rings. The molecule has 0 aliphatic carbocycles. The number of primary amides is 1. The van der Waals surface area contributed by atoms with E-state index < -0.39 is 57.9 Å². The Morgan fingerprint density at radius 2 is 1.71 bits per heavy atom. The second-order valence-corrected chi connectivity index (χ2v) is 7.91. The number of anilines is 1. The van der Waals surface area contributed by atoms with Crippen LogP contribution in [-0.4, -0.2) is 32.8 Å². The average molecular weight is 432 g/mol. The van der Waals surface area contributed by atoms with Crippen LogP contribution in [0.15, 0.2) is 6.07 Å². The van der Waals surface area contributed by atoms with Crippen LogP contribution in [0, 0.1) is 5.41 Å². The predicted molar refractivity (Wildman–Crippen MR) is 84.8 cm³/mol. The standard InChI is InChI=1S/C14H14F6N4O3S/c1-12(2,3)7-8(25)24(11(28-7)27-10(21)26)6-4-5(13(15,16)17)22-9(23-6)14(18,19)20/h4,7,11H,1-3H3,(H2,21,26). The molecule has 156 valence electrons. The van der Waals surface area contributed by atoms with Gasteiger partial charge in [-0.2, -0.15) is 26.3 Å². The molecular weight excluding hydrogens is 418 g/mol. The Morgan fingerprint density at radius 1 is 1.14 bits per heavy atom. The fourth-order valence-electron chi connectivity index (χ4n) is 2.27. The Kier molecular flexibility index (Phi) is 5.49. The number of alkyl halides is 6. The molecule has 2 amide bonds. The second-order valence-electron chi connectivity index (χ2n) is 6.76. The van der Waals surface area contributed by atoms with Gasteiger partial charge in [0.05, 0.1) is 5.25 Å². The molecule has 0 aromatic carbocycles. The van der Waals surface area contributed by atoms with Crippen molar-refractivity contribution >= 4 is 29.6 Å². The van der Waals surface area contributed by atoms with Crippen molar-refractivity contribution in [1.29, 1.82) is 0 Å². The SMILES string of the molecule is CC(C)(C)C1SC(OC(N)=O)N(c2cc(C(F)(F)F)nc(C(F)(F)F)n2)C1=O. The van der Waals surface area contributed by atoms with Crippen molar-refractivity contribution in [2.45, 2.75) is 43.9 Å². The predicted octanol–water partition coefficient (Wildman–Crippen LogP) is 3.39. The van der Waals surface area contributed by atoms with Crippen LogP contribution in [0.25, 0.3) is 0 Å². The summed E-state index contributed by atoms with van der Waals surface area (Å²) in [5, 5.41) is -0.949. The normalized spacial score (nSPS) is 21.2. The van der Waals surface area contributed by atoms with Gasteiger partial charge in [0.15, 0.2) is 5.69 Å². The lowest BCUT2D eigenvalue weighted by atomic mass is 9.91. The minimum absolute atomic E-state index is 0.177. The summed E-state index contributed by atoms with van der Waals surface area (Å²) in [6.45, 7) is 4.86. The number of aromatic nitrogens is 2. The number of carbonyl (C=O) groups is 2. The second kappa shape index (κ2) is 6.97. The summed E-state index contributed by atoms with van der Waals surface area (Å²) in [5.41, 5.74) is 0.650. The summed E-state index contributed by atoms with van der Waals surface area (Å²) in [7, 11) is 0. The van der Waals surface area contributed by atoms with Crippen molar-refractivity contribution in [1.82, 2.24) is 9.97 Å². The summed E-state index contributed by atoms with van der Waals surface area (Å²) in [6.07, 6.45) is -11.9. The number of halogens is 6. The molecule has 14 heteroatoms. The number of nitrogens with zero attached hydrogens (tertiary/aromatic N) is 3. The molecule has 0 saturated carbocycles. The zero-order chi connectivity index (χ0) is 21.7. The van der Waals surface area contributed by atoms with Gasteiger partial charge >= 0.3 is 18.4 Å². The summed E-state index contributed by atoms with van der Waals surface area (Å²) in [4.78, 5) is 29.8. The van der Waals surface area contributed by atoms with Crippen molar-refractivity contribution in [2.75, 3.05) is 4.90 Å². The molecule has 1 fully saturated rings. The highest BCUT2D eigenvalue weighted by molar-refractivity contribution is 8.01. The lowest BCUT2D eigenvalue weighted by Crippen LogP contribution is -2.41. The third kappa shape index (κ3) is 4.59. The van der Waals surface area contributed by atoms with Crippen LogP contribution in [0.1, 0.15) is 32.3 Å². The number of rotatable bonds is 2. The van der Waals surface area contributed by atoms with Gasteiger partial charge in [-0.3, -0.25) is 4.79 Å². The van der Waals surface area contributed by atoms with Gasteiger partial charge in [0.25, 0.3) is 0 Å². The maximum Gasteiger partial charge on any atom is 0.451 e. The molecule has 1 saturated heterocycles. The molecule has 2 N–H and O–H groups in total. The van der Waals surface area contributed by atoms with Gasteiger partial charge in [0, 0.05) is 6.07 Å². The van der Waals surface area contributed by atoms with Crippen LogP contribution in [0.5, 0.6) is 0 Å². The van der Waals surface area contributed by atoms with Crippen molar-refractivity contribution in [2.24, 2.45) is 11.1 Å². The number of amides is 2. The van der Waals surface area contributed by atoms with E-state index in [1.54, 1.807) is 20.8 Å². The monoisotopic (exact) mass is 432 g/mol. The summed E-state index contributed by atoms with van der Waals surface area (Å²) in [6, 6.07) is 0.177. The van der Waals surface area contributed by atoms with E-state index in [0.29, 0.717) is 16.7 Å². The molecule has 0 radical (unpaired) electrons. The van der Waals surface area contributed by atoms with E-state index in [0.717, 1.165) is 0 Å². The third-order valence-electron chi connectivity index (χ3n) is 3.43. The van der Waals surface area contributed by atoms with E-state index in [9.17, 15) is 35.9 Å². The van der Waals surface area contributed by atoms with Crippen LogP contribution >= 0.6 is 11.8 Å². The molecule has 0 bridgehead atoms. The van der Waals surface area contributed by atoms with Crippen LogP contribution in [-0.2, 0) is 21.9 Å². The highest BCUT2D eigenvalue weighted by Gasteiger charge is 2.50. The number of nitrogens with two attached hydrogens (primary N) is 1. The minimum atomic E-state index is -5.31. The van der Waals surface area contributed by atoms with Crippen LogP contribution in [0.3, 0.4) is 0 Å². The molecule has 1 aliphatic heterocycles. The molecule has 1 aromatic rings. The maximum absolute atomic E-state index is 13.0. The zero-order valence-electron chi connectivity index (χ0n) is 14.6. The molecule has 7 nitrogen and oxygen atoms in total. The van der Waals surface area contributed by atoms with Gasteiger partial charge in [-0.15, -0.1) is 0 Å². The highest BCUT2D eigenvalue weighted by Crippen LogP contribution is 2.44. The van der Waals surface area contributed by atoms with Crippen LogP contribution in [0.4, 0.5) is 37.0 Å². The lowest BCUT2D eigenvalue weighted by molar-refractivity contribution is -0.152. The molecule has 2 unspecified atom stereocenters. The van der Waals surface area contributed by atoms with Gasteiger partial charge in [0.1, 0.15) is 5.82 Å². The van der Waals surface area contributed by atoms with Crippen molar-refractivity contribution < 1.29 is 40.7 Å². The lowest BCUT2D eigenvalue weighted by Gasteiger charge is -2.24. The van der Waals surface area contributed by atoms with Crippen molar-refractivity contribution in [3.05, 3.63) is 17.6 Å². The smallest absolute Gasteiger partial charge is 0.415 e. The summed E-state index contributed by atoms with van der Waals surface area (Å²) < 4.78 is 82.7. The number of hydrogen-bond acceptors (Lipinski definition) is 6. The van der Waals surface area contributed by atoms with E-state index >= 15 is 0 Å². The first-order valence-corrected chi connectivity index (χ1v) is 8.44. The van der Waals surface area contributed by atoms with E-state index in [4.69, 9.17) is 10.5 Å². The topological polar surface area (TPSA) is 98.4 Å². The third-order valence-corrected chi connectivity index (χ3v) is 5.15. The van der Waals surface area contributed by atoms with Gasteiger partial charge in [0.2, 0.25) is 17.3 Å². The van der Waals surface area contributed by atoms with Gasteiger partial charge in [-0.25, -0.2) is 19.7 Å². The quantitative estimate of drug-likeness (QED) is 0.720. The molecular formula is C14H14F6N4O3S. The van der Waals surface area contributed by atoms with E-state index in [-0.39, 0.29) is 6.07 Å².